The van der Waals surface area contributed by atoms with E-state index in [1.54, 1.807) is 7.11 Å². The van der Waals surface area contributed by atoms with Gasteiger partial charge in [-0.15, -0.1) is 0 Å². The average Bonchev–Trinajstić information content (AvgIpc) is 2.47. The van der Waals surface area contributed by atoms with Crippen LogP contribution in [0.3, 0.4) is 0 Å². The number of hydrogen-bond acceptors (Lipinski definition) is 4. The maximum Gasteiger partial charge on any atom is 0.0599 e. The average molecular weight is 272 g/mol. The van der Waals surface area contributed by atoms with Gasteiger partial charge < -0.3 is 14.8 Å². The lowest BCUT2D eigenvalue weighted by molar-refractivity contribution is 0.0244. The van der Waals surface area contributed by atoms with Crippen LogP contribution < -0.4 is 5.32 Å². The van der Waals surface area contributed by atoms with E-state index in [2.05, 4.69) is 24.1 Å². The molecule has 1 heterocycles. The van der Waals surface area contributed by atoms with Crippen LogP contribution in [0.15, 0.2) is 0 Å². The fraction of sp³-hybridized carbons (Fsp3) is 1.00. The molecule has 0 aromatic rings. The van der Waals surface area contributed by atoms with Crippen LogP contribution in [0.5, 0.6) is 0 Å². The molecule has 4 heteroatoms. The smallest absolute Gasteiger partial charge is 0.0599 e. The molecule has 1 aliphatic rings. The molecule has 1 aliphatic heterocycles. The Kier molecular flexibility index (Phi) is 9.43. The van der Waals surface area contributed by atoms with E-state index in [0.717, 1.165) is 45.8 Å². The Labute approximate surface area is 118 Å². The zero-order valence-electron chi connectivity index (χ0n) is 13.0. The Morgan fingerprint density at radius 2 is 1.95 bits per heavy atom. The number of methoxy groups -OCH3 is 1. The molecule has 1 atom stereocenters. The summed E-state index contributed by atoms with van der Waals surface area (Å²) in [6.07, 6.45) is 5.13. The molecule has 1 fully saturated rings. The van der Waals surface area contributed by atoms with Gasteiger partial charge in [-0.25, -0.2) is 0 Å². The third-order valence-electron chi connectivity index (χ3n) is 4.03. The first-order valence-corrected chi connectivity index (χ1v) is 7.83. The number of piperidine rings is 1. The van der Waals surface area contributed by atoms with Crippen molar-refractivity contribution in [3.05, 3.63) is 0 Å². The van der Waals surface area contributed by atoms with Crippen LogP contribution in [0.4, 0.5) is 0 Å². The van der Waals surface area contributed by atoms with Crippen LogP contribution in [0.2, 0.25) is 0 Å². The van der Waals surface area contributed by atoms with Crippen molar-refractivity contribution in [1.29, 1.82) is 0 Å². The van der Waals surface area contributed by atoms with Gasteiger partial charge >= 0.3 is 0 Å². The first-order valence-electron chi connectivity index (χ1n) is 7.83. The van der Waals surface area contributed by atoms with Crippen molar-refractivity contribution in [2.45, 2.75) is 51.7 Å². The van der Waals surface area contributed by atoms with Gasteiger partial charge in [0, 0.05) is 32.8 Å². The Hall–Kier alpha value is -0.160. The SMILES string of the molecule is CCC(C)N(CCCOC1CCNCC1)CCOC. The summed E-state index contributed by atoms with van der Waals surface area (Å²) in [4.78, 5) is 2.51. The number of rotatable bonds is 10. The molecule has 1 N–H and O–H groups in total. The summed E-state index contributed by atoms with van der Waals surface area (Å²) >= 11 is 0. The van der Waals surface area contributed by atoms with Crippen LogP contribution in [0, 0.1) is 0 Å². The van der Waals surface area contributed by atoms with E-state index in [0.29, 0.717) is 12.1 Å². The Balaban J connectivity index is 2.12. The molecule has 0 bridgehead atoms. The number of ether oxygens (including phenoxy) is 2. The van der Waals surface area contributed by atoms with Crippen molar-refractivity contribution in [1.82, 2.24) is 10.2 Å². The molecule has 4 nitrogen and oxygen atoms in total. The maximum absolute atomic E-state index is 5.95. The van der Waals surface area contributed by atoms with E-state index in [1.165, 1.54) is 19.3 Å². The van der Waals surface area contributed by atoms with Crippen molar-refractivity contribution >= 4 is 0 Å². The Morgan fingerprint density at radius 1 is 1.21 bits per heavy atom. The Bertz CT molecular complexity index is 208. The predicted octanol–water partition coefficient (Wildman–Crippen LogP) is 1.89. The summed E-state index contributed by atoms with van der Waals surface area (Å²) < 4.78 is 11.1. The highest BCUT2D eigenvalue weighted by atomic mass is 16.5. The maximum atomic E-state index is 5.95. The zero-order valence-corrected chi connectivity index (χ0v) is 13.0. The largest absolute Gasteiger partial charge is 0.383 e. The molecule has 0 aliphatic carbocycles. The predicted molar refractivity (Wildman–Crippen MR) is 79.7 cm³/mol. The highest BCUT2D eigenvalue weighted by Gasteiger charge is 2.14. The van der Waals surface area contributed by atoms with Gasteiger partial charge in [-0.05, 0) is 45.7 Å². The molecule has 0 spiro atoms. The first-order chi connectivity index (χ1) is 9.27. The molecule has 1 saturated heterocycles. The van der Waals surface area contributed by atoms with Gasteiger partial charge in [-0.2, -0.15) is 0 Å². The molecule has 19 heavy (non-hydrogen) atoms. The molecule has 0 radical (unpaired) electrons. The highest BCUT2D eigenvalue weighted by molar-refractivity contribution is 4.69. The third kappa shape index (κ3) is 7.25. The van der Waals surface area contributed by atoms with E-state index in [-0.39, 0.29) is 0 Å². The quantitative estimate of drug-likeness (QED) is 0.616. The zero-order chi connectivity index (χ0) is 13.9. The summed E-state index contributed by atoms with van der Waals surface area (Å²) in [6.45, 7) is 10.6. The number of hydrogen-bond donors (Lipinski definition) is 1. The third-order valence-corrected chi connectivity index (χ3v) is 4.03. The topological polar surface area (TPSA) is 33.7 Å². The van der Waals surface area contributed by atoms with Crippen LogP contribution >= 0.6 is 0 Å². The molecule has 0 saturated carbocycles. The molecule has 114 valence electrons. The van der Waals surface area contributed by atoms with Crippen molar-refractivity contribution in [3.8, 4) is 0 Å². The van der Waals surface area contributed by atoms with Gasteiger partial charge in [0.1, 0.15) is 0 Å². The lowest BCUT2D eigenvalue weighted by Crippen LogP contribution is -2.37. The minimum Gasteiger partial charge on any atom is -0.383 e. The van der Waals surface area contributed by atoms with E-state index in [4.69, 9.17) is 9.47 Å². The number of nitrogens with zero attached hydrogens (tertiary/aromatic N) is 1. The lowest BCUT2D eigenvalue weighted by Gasteiger charge is -2.28. The summed E-state index contributed by atoms with van der Waals surface area (Å²) in [7, 11) is 1.77. The molecule has 0 aromatic carbocycles. The summed E-state index contributed by atoms with van der Waals surface area (Å²) in [6, 6.07) is 0.633. The van der Waals surface area contributed by atoms with Crippen molar-refractivity contribution in [2.24, 2.45) is 0 Å². The van der Waals surface area contributed by atoms with Crippen LogP contribution in [-0.4, -0.2) is 63.5 Å². The monoisotopic (exact) mass is 272 g/mol. The second-order valence-electron chi connectivity index (χ2n) is 5.46. The summed E-state index contributed by atoms with van der Waals surface area (Å²) in [5.74, 6) is 0. The minimum absolute atomic E-state index is 0.484. The van der Waals surface area contributed by atoms with Crippen molar-refractivity contribution < 1.29 is 9.47 Å². The fourth-order valence-electron chi connectivity index (χ4n) is 2.50. The van der Waals surface area contributed by atoms with Crippen LogP contribution in [0.25, 0.3) is 0 Å². The molecule has 1 rings (SSSR count). The second-order valence-corrected chi connectivity index (χ2v) is 5.46. The second kappa shape index (κ2) is 10.6. The normalized spacial score (nSPS) is 18.9. The van der Waals surface area contributed by atoms with Crippen molar-refractivity contribution in [3.63, 3.8) is 0 Å². The van der Waals surface area contributed by atoms with Gasteiger partial charge in [-0.1, -0.05) is 6.92 Å². The van der Waals surface area contributed by atoms with E-state index in [1.807, 2.05) is 0 Å². The highest BCUT2D eigenvalue weighted by Crippen LogP contribution is 2.09. The molecular weight excluding hydrogens is 240 g/mol. The lowest BCUT2D eigenvalue weighted by atomic mass is 10.1. The van der Waals surface area contributed by atoms with Gasteiger partial charge in [0.2, 0.25) is 0 Å². The van der Waals surface area contributed by atoms with Crippen molar-refractivity contribution in [2.75, 3.05) is 46.5 Å². The van der Waals surface area contributed by atoms with E-state index in [9.17, 15) is 0 Å². The van der Waals surface area contributed by atoms with Crippen LogP contribution in [-0.2, 0) is 9.47 Å². The molecule has 0 amide bonds. The van der Waals surface area contributed by atoms with Gasteiger partial charge in [0.25, 0.3) is 0 Å². The summed E-state index contributed by atoms with van der Waals surface area (Å²) in [5, 5.41) is 3.37. The minimum atomic E-state index is 0.484. The number of nitrogens with one attached hydrogen (secondary N) is 1. The van der Waals surface area contributed by atoms with E-state index < -0.39 is 0 Å². The standard InChI is InChI=1S/C15H32N2O2/c1-4-14(2)17(11-13-18-3)10-5-12-19-15-6-8-16-9-7-15/h14-16H,4-13H2,1-3H3. The molecule has 1 unspecified atom stereocenters. The van der Waals surface area contributed by atoms with Gasteiger partial charge in [-0.3, -0.25) is 4.90 Å². The molecular formula is C15H32N2O2. The molecule has 0 aromatic heterocycles. The van der Waals surface area contributed by atoms with E-state index >= 15 is 0 Å². The van der Waals surface area contributed by atoms with Gasteiger partial charge in [0.05, 0.1) is 12.7 Å². The summed E-state index contributed by atoms with van der Waals surface area (Å²) in [5.41, 5.74) is 0. The Morgan fingerprint density at radius 3 is 2.58 bits per heavy atom. The fourth-order valence-corrected chi connectivity index (χ4v) is 2.50. The van der Waals surface area contributed by atoms with Gasteiger partial charge in [0.15, 0.2) is 0 Å². The first kappa shape index (κ1) is 16.9. The van der Waals surface area contributed by atoms with Crippen LogP contribution in [0.1, 0.15) is 39.5 Å².